The fourth-order valence-electron chi connectivity index (χ4n) is 4.91. The van der Waals surface area contributed by atoms with E-state index < -0.39 is 0 Å². The summed E-state index contributed by atoms with van der Waals surface area (Å²) in [6.07, 6.45) is 3.42. The van der Waals surface area contributed by atoms with Crippen LogP contribution in [-0.2, 0) is 14.2 Å². The van der Waals surface area contributed by atoms with Crippen LogP contribution in [0.2, 0.25) is 0 Å². The van der Waals surface area contributed by atoms with E-state index in [4.69, 9.17) is 14.2 Å². The second-order valence-electron chi connectivity index (χ2n) is 5.51. The van der Waals surface area contributed by atoms with E-state index in [0.717, 1.165) is 23.7 Å². The van der Waals surface area contributed by atoms with Gasteiger partial charge in [0.15, 0.2) is 0 Å². The molecule has 68 valence electrons. The number of hydrogen-bond acceptors (Lipinski definition) is 3. The average molecular weight is 178 g/mol. The fourth-order valence-corrected chi connectivity index (χ4v) is 4.91. The molecule has 0 radical (unpaired) electrons. The number of hydrogen-bond donors (Lipinski definition) is 0. The molecule has 3 aliphatic carbocycles. The van der Waals surface area contributed by atoms with Crippen molar-refractivity contribution in [3.63, 3.8) is 0 Å². The molecule has 0 aromatic carbocycles. The van der Waals surface area contributed by atoms with Gasteiger partial charge in [-0.15, -0.1) is 0 Å². The van der Waals surface area contributed by atoms with Crippen molar-refractivity contribution in [1.29, 1.82) is 0 Å². The van der Waals surface area contributed by atoms with E-state index in [0.29, 0.717) is 36.6 Å². The van der Waals surface area contributed by atoms with Gasteiger partial charge in [-0.05, 0) is 5.92 Å². The van der Waals surface area contributed by atoms with Crippen LogP contribution in [0, 0.1) is 23.7 Å². The van der Waals surface area contributed by atoms with Crippen molar-refractivity contribution in [1.82, 2.24) is 0 Å². The fraction of sp³-hybridized carbons (Fsp3) is 1.00. The van der Waals surface area contributed by atoms with Crippen molar-refractivity contribution in [3.8, 4) is 0 Å². The van der Waals surface area contributed by atoms with Gasteiger partial charge in [-0.25, -0.2) is 0 Å². The molecule has 10 atom stereocenters. The van der Waals surface area contributed by atoms with Gasteiger partial charge in [0.05, 0.1) is 36.6 Å². The highest BCUT2D eigenvalue weighted by molar-refractivity contribution is 5.31. The molecule has 3 heterocycles. The molecular weight excluding hydrogens is 168 g/mol. The Bertz CT molecular complexity index is 267. The molecule has 0 amide bonds. The van der Waals surface area contributed by atoms with Gasteiger partial charge >= 0.3 is 0 Å². The molecule has 0 bridgehead atoms. The number of ether oxygens (including phenoxy) is 3. The first-order chi connectivity index (χ1) is 6.45. The summed E-state index contributed by atoms with van der Waals surface area (Å²) in [5.74, 6) is 3.22. The maximum Gasteiger partial charge on any atom is 0.0902 e. The minimum Gasteiger partial charge on any atom is -0.369 e. The number of fused-ring (bicyclic) bond motifs is 9. The zero-order chi connectivity index (χ0) is 7.89. The Hall–Kier alpha value is -0.120. The summed E-state index contributed by atoms with van der Waals surface area (Å²) in [7, 11) is 0. The van der Waals surface area contributed by atoms with Gasteiger partial charge in [-0.1, -0.05) is 0 Å². The Kier molecular flexibility index (Phi) is 0.569. The molecule has 4 unspecified atom stereocenters. The van der Waals surface area contributed by atoms with E-state index >= 15 is 0 Å². The second-order valence-corrected chi connectivity index (χ2v) is 5.51. The summed E-state index contributed by atoms with van der Waals surface area (Å²) < 4.78 is 17.2. The average Bonchev–Trinajstić information content (AvgIpc) is 3.06. The van der Waals surface area contributed by atoms with Crippen LogP contribution in [0.5, 0.6) is 0 Å². The van der Waals surface area contributed by atoms with Crippen molar-refractivity contribution in [2.45, 2.75) is 36.6 Å². The van der Waals surface area contributed by atoms with Crippen LogP contribution < -0.4 is 0 Å². The Balaban J connectivity index is 1.64. The minimum absolute atomic E-state index is 0.570. The highest BCUT2D eigenvalue weighted by Crippen LogP contribution is 2.74. The molecule has 0 aromatic heterocycles. The predicted molar refractivity (Wildman–Crippen MR) is 39.9 cm³/mol. The monoisotopic (exact) mass is 178 g/mol. The molecule has 0 spiro atoms. The van der Waals surface area contributed by atoms with Crippen molar-refractivity contribution >= 4 is 0 Å². The van der Waals surface area contributed by atoms with Crippen molar-refractivity contribution in [2.24, 2.45) is 23.7 Å². The summed E-state index contributed by atoms with van der Waals surface area (Å²) in [4.78, 5) is 0. The molecule has 0 aromatic rings. The van der Waals surface area contributed by atoms with Gasteiger partial charge in [0.1, 0.15) is 0 Å². The molecule has 3 heteroatoms. The van der Waals surface area contributed by atoms with Gasteiger partial charge in [-0.3, -0.25) is 0 Å². The minimum atomic E-state index is 0.570. The highest BCUT2D eigenvalue weighted by Gasteiger charge is 2.85. The topological polar surface area (TPSA) is 37.6 Å². The number of epoxide rings is 3. The van der Waals surface area contributed by atoms with Crippen molar-refractivity contribution in [2.75, 3.05) is 0 Å². The number of rotatable bonds is 0. The first-order valence-corrected chi connectivity index (χ1v) is 5.41. The van der Waals surface area contributed by atoms with Gasteiger partial charge in [0.25, 0.3) is 0 Å². The molecule has 6 aliphatic rings. The van der Waals surface area contributed by atoms with Crippen LogP contribution in [0.4, 0.5) is 0 Å². The van der Waals surface area contributed by atoms with Crippen molar-refractivity contribution in [3.05, 3.63) is 0 Å². The van der Waals surface area contributed by atoms with Crippen LogP contribution in [0.1, 0.15) is 0 Å². The van der Waals surface area contributed by atoms with Crippen LogP contribution in [-0.4, -0.2) is 36.6 Å². The lowest BCUT2D eigenvalue weighted by Crippen LogP contribution is -2.26. The van der Waals surface area contributed by atoms with E-state index in [9.17, 15) is 0 Å². The molecule has 3 aliphatic heterocycles. The molecule has 6 rings (SSSR count). The van der Waals surface area contributed by atoms with E-state index in [1.165, 1.54) is 0 Å². The van der Waals surface area contributed by atoms with E-state index in [2.05, 4.69) is 0 Å². The maximum absolute atomic E-state index is 5.73. The zero-order valence-corrected chi connectivity index (χ0v) is 7.00. The Morgan fingerprint density at radius 2 is 0.692 bits per heavy atom. The summed E-state index contributed by atoms with van der Waals surface area (Å²) in [5.41, 5.74) is 0. The van der Waals surface area contributed by atoms with Gasteiger partial charge in [0.2, 0.25) is 0 Å². The first kappa shape index (κ1) is 5.69. The summed E-state index contributed by atoms with van der Waals surface area (Å²) in [6.45, 7) is 0. The Morgan fingerprint density at radius 3 is 1.00 bits per heavy atom. The third-order valence-corrected chi connectivity index (χ3v) is 5.29. The third kappa shape index (κ3) is 0.399. The smallest absolute Gasteiger partial charge is 0.0902 e. The van der Waals surface area contributed by atoms with Crippen LogP contribution >= 0.6 is 0 Å². The Morgan fingerprint density at radius 1 is 0.385 bits per heavy atom. The van der Waals surface area contributed by atoms with Gasteiger partial charge in [-0.2, -0.15) is 0 Å². The van der Waals surface area contributed by atoms with Crippen LogP contribution in [0.15, 0.2) is 0 Å². The largest absolute Gasteiger partial charge is 0.369 e. The Labute approximate surface area is 75.3 Å². The van der Waals surface area contributed by atoms with Crippen LogP contribution in [0.25, 0.3) is 0 Å². The predicted octanol–water partition coefficient (Wildman–Crippen LogP) is -0.206. The first-order valence-electron chi connectivity index (χ1n) is 5.41. The maximum atomic E-state index is 5.73. The molecular formula is C10H10O3. The van der Waals surface area contributed by atoms with Crippen LogP contribution in [0.3, 0.4) is 0 Å². The lowest BCUT2D eigenvalue weighted by molar-refractivity contribution is 0.0454. The summed E-state index contributed by atoms with van der Waals surface area (Å²) in [6, 6.07) is 0. The summed E-state index contributed by atoms with van der Waals surface area (Å²) in [5, 5.41) is 0. The lowest BCUT2D eigenvalue weighted by atomic mass is 9.89. The third-order valence-electron chi connectivity index (χ3n) is 5.29. The quantitative estimate of drug-likeness (QED) is 0.482. The van der Waals surface area contributed by atoms with Crippen molar-refractivity contribution < 1.29 is 14.2 Å². The molecule has 13 heavy (non-hydrogen) atoms. The molecule has 3 saturated carbocycles. The van der Waals surface area contributed by atoms with E-state index in [-0.39, 0.29) is 0 Å². The van der Waals surface area contributed by atoms with E-state index in [1.807, 2.05) is 0 Å². The lowest BCUT2D eigenvalue weighted by Gasteiger charge is -2.23. The van der Waals surface area contributed by atoms with Gasteiger partial charge < -0.3 is 14.2 Å². The molecule has 6 fully saturated rings. The highest BCUT2D eigenvalue weighted by atomic mass is 16.6. The zero-order valence-electron chi connectivity index (χ0n) is 7.00. The molecule has 0 N–H and O–H groups in total. The SMILES string of the molecule is O1[C@@H]2C3C4C([C@H]5O[C@H]5C4[C@@H]4O[C@H]34)[C@H]12. The van der Waals surface area contributed by atoms with E-state index in [1.54, 1.807) is 0 Å². The molecule has 3 nitrogen and oxygen atoms in total. The summed E-state index contributed by atoms with van der Waals surface area (Å²) >= 11 is 0. The standard InChI is InChI=1S/C10H10O3/c11-5-2-1-3(7(5)11)9-10(13-9)4(1)8-6(2)12-8/h1-10H/t1?,2?,3?,4?,5-,6-,7+,8+,9-,10+. The van der Waals surface area contributed by atoms with Gasteiger partial charge in [0, 0.05) is 17.8 Å². The molecule has 3 saturated heterocycles. The second kappa shape index (κ2) is 1.30. The normalized spacial score (nSPS) is 88.6.